The Labute approximate surface area is 99.7 Å². The highest BCUT2D eigenvalue weighted by Gasteiger charge is 2.17. The zero-order valence-electron chi connectivity index (χ0n) is 10.2. The summed E-state index contributed by atoms with van der Waals surface area (Å²) in [6.07, 6.45) is 0. The molecule has 0 saturated heterocycles. The third-order valence-electron chi connectivity index (χ3n) is 1.93. The highest BCUT2D eigenvalue weighted by molar-refractivity contribution is 5.95. The van der Waals surface area contributed by atoms with Crippen molar-refractivity contribution in [1.29, 1.82) is 0 Å². The summed E-state index contributed by atoms with van der Waals surface area (Å²) in [5.41, 5.74) is 0. The van der Waals surface area contributed by atoms with Crippen LogP contribution in [0, 0.1) is 0 Å². The molecule has 0 atom stereocenters. The Morgan fingerprint density at radius 3 is 2.29 bits per heavy atom. The number of urea groups is 1. The molecule has 0 aliphatic carbocycles. The average Bonchev–Trinajstić information content (AvgIpc) is 2.16. The molecule has 7 nitrogen and oxygen atoms in total. The molecule has 0 spiro atoms. The Bertz CT molecular complexity index is 290. The molecule has 0 heterocycles. The number of carbonyl (C=O) groups excluding carboxylic acids is 2. The van der Waals surface area contributed by atoms with Gasteiger partial charge in [0.1, 0.15) is 13.2 Å². The van der Waals surface area contributed by atoms with Crippen molar-refractivity contribution in [3.8, 4) is 0 Å². The molecule has 0 aromatic rings. The minimum Gasteiger partial charge on any atom is -0.480 e. The van der Waals surface area contributed by atoms with Crippen LogP contribution in [0.4, 0.5) is 4.79 Å². The molecule has 7 heteroatoms. The summed E-state index contributed by atoms with van der Waals surface area (Å²) in [7, 11) is 0. The highest BCUT2D eigenvalue weighted by atomic mass is 16.5. The summed E-state index contributed by atoms with van der Waals surface area (Å²) in [5, 5.41) is 10.4. The Hall–Kier alpha value is -1.63. The van der Waals surface area contributed by atoms with Gasteiger partial charge in [-0.15, -0.1) is 0 Å². The van der Waals surface area contributed by atoms with Gasteiger partial charge >= 0.3 is 12.0 Å². The fourth-order valence-corrected chi connectivity index (χ4v) is 1.20. The van der Waals surface area contributed by atoms with Crippen LogP contribution in [-0.4, -0.2) is 53.7 Å². The van der Waals surface area contributed by atoms with Gasteiger partial charge in [-0.2, -0.15) is 0 Å². The lowest BCUT2D eigenvalue weighted by molar-refractivity contribution is -0.143. The average molecular weight is 246 g/mol. The van der Waals surface area contributed by atoms with Crippen molar-refractivity contribution in [2.24, 2.45) is 0 Å². The van der Waals surface area contributed by atoms with Crippen molar-refractivity contribution in [2.45, 2.75) is 26.8 Å². The van der Waals surface area contributed by atoms with E-state index in [0.29, 0.717) is 6.54 Å². The Morgan fingerprint density at radius 2 is 1.88 bits per heavy atom. The minimum absolute atomic E-state index is 0.0206. The molecule has 0 aromatic carbocycles. The van der Waals surface area contributed by atoms with Crippen LogP contribution in [0.25, 0.3) is 0 Å². The van der Waals surface area contributed by atoms with Crippen LogP contribution in [-0.2, 0) is 14.3 Å². The van der Waals surface area contributed by atoms with Crippen molar-refractivity contribution in [2.75, 3.05) is 19.8 Å². The van der Waals surface area contributed by atoms with Gasteiger partial charge in [0, 0.05) is 12.6 Å². The summed E-state index contributed by atoms with van der Waals surface area (Å²) in [6, 6.07) is -0.529. The number of carboxylic acids is 1. The van der Waals surface area contributed by atoms with Gasteiger partial charge in [-0.05, 0) is 20.8 Å². The number of hydrogen-bond acceptors (Lipinski definition) is 4. The van der Waals surface area contributed by atoms with Crippen LogP contribution in [0.1, 0.15) is 20.8 Å². The molecule has 0 saturated carbocycles. The number of nitrogens with zero attached hydrogens (tertiary/aromatic N) is 1. The first kappa shape index (κ1) is 15.4. The lowest BCUT2D eigenvalue weighted by Crippen LogP contribution is -2.47. The molecular weight excluding hydrogens is 228 g/mol. The third-order valence-corrected chi connectivity index (χ3v) is 1.93. The largest absolute Gasteiger partial charge is 0.480 e. The van der Waals surface area contributed by atoms with Gasteiger partial charge in [-0.25, -0.2) is 9.59 Å². The quantitative estimate of drug-likeness (QED) is 0.690. The van der Waals surface area contributed by atoms with E-state index in [9.17, 15) is 14.4 Å². The van der Waals surface area contributed by atoms with Gasteiger partial charge in [0.15, 0.2) is 0 Å². The smallest absolute Gasteiger partial charge is 0.329 e. The third kappa shape index (κ3) is 6.52. The highest BCUT2D eigenvalue weighted by Crippen LogP contribution is 1.97. The fraction of sp³-hybridized carbons (Fsp3) is 0.700. The Balaban J connectivity index is 4.02. The van der Waals surface area contributed by atoms with E-state index in [0.717, 1.165) is 0 Å². The van der Waals surface area contributed by atoms with Crippen LogP contribution in [0.2, 0.25) is 0 Å². The van der Waals surface area contributed by atoms with E-state index in [1.54, 1.807) is 6.92 Å². The SMILES string of the molecule is CCN(C(=O)NC(=O)COCC(=O)O)C(C)C. The first-order valence-corrected chi connectivity index (χ1v) is 5.28. The number of rotatable bonds is 6. The molecule has 0 aliphatic heterocycles. The molecule has 2 N–H and O–H groups in total. The first-order valence-electron chi connectivity index (χ1n) is 5.28. The van der Waals surface area contributed by atoms with Crippen LogP contribution in [0.3, 0.4) is 0 Å². The molecule has 0 aromatic heterocycles. The second kappa shape index (κ2) is 7.61. The molecule has 3 amide bonds. The van der Waals surface area contributed by atoms with E-state index < -0.39 is 31.1 Å². The van der Waals surface area contributed by atoms with Gasteiger partial charge in [0.2, 0.25) is 0 Å². The van der Waals surface area contributed by atoms with Crippen molar-refractivity contribution >= 4 is 17.9 Å². The summed E-state index contributed by atoms with van der Waals surface area (Å²) in [4.78, 5) is 34.3. The number of nitrogens with one attached hydrogen (secondary N) is 1. The van der Waals surface area contributed by atoms with Crippen molar-refractivity contribution in [3.05, 3.63) is 0 Å². The van der Waals surface area contributed by atoms with E-state index in [1.807, 2.05) is 13.8 Å². The predicted octanol–water partition coefficient (Wildman–Crippen LogP) is 0.0541. The second-order valence-electron chi connectivity index (χ2n) is 3.62. The van der Waals surface area contributed by atoms with E-state index in [4.69, 9.17) is 5.11 Å². The Morgan fingerprint density at radius 1 is 1.29 bits per heavy atom. The maximum absolute atomic E-state index is 11.5. The number of hydrogen-bond donors (Lipinski definition) is 2. The predicted molar refractivity (Wildman–Crippen MR) is 59.5 cm³/mol. The summed E-state index contributed by atoms with van der Waals surface area (Å²) >= 11 is 0. The lowest BCUT2D eigenvalue weighted by atomic mass is 10.3. The van der Waals surface area contributed by atoms with Crippen LogP contribution in [0.15, 0.2) is 0 Å². The zero-order valence-corrected chi connectivity index (χ0v) is 10.2. The number of carboxylic acid groups (broad SMARTS) is 1. The van der Waals surface area contributed by atoms with Crippen molar-refractivity contribution < 1.29 is 24.2 Å². The molecular formula is C10H18N2O5. The van der Waals surface area contributed by atoms with E-state index in [-0.39, 0.29) is 6.04 Å². The molecule has 0 aliphatic rings. The molecule has 0 radical (unpaired) electrons. The van der Waals surface area contributed by atoms with E-state index >= 15 is 0 Å². The van der Waals surface area contributed by atoms with Crippen LogP contribution >= 0.6 is 0 Å². The van der Waals surface area contributed by atoms with E-state index in [1.165, 1.54) is 4.90 Å². The standard InChI is InChI=1S/C10H18N2O5/c1-4-12(7(2)3)10(16)11-8(13)5-17-6-9(14)15/h7H,4-6H2,1-3H3,(H,14,15)(H,11,13,16). The van der Waals surface area contributed by atoms with Crippen LogP contribution in [0.5, 0.6) is 0 Å². The molecule has 98 valence electrons. The van der Waals surface area contributed by atoms with Crippen LogP contribution < -0.4 is 5.32 Å². The van der Waals surface area contributed by atoms with Gasteiger partial charge in [0.25, 0.3) is 5.91 Å². The summed E-state index contributed by atoms with van der Waals surface area (Å²) in [6.45, 7) is 4.91. The minimum atomic E-state index is -1.17. The van der Waals surface area contributed by atoms with Gasteiger partial charge in [-0.1, -0.05) is 0 Å². The van der Waals surface area contributed by atoms with Crippen molar-refractivity contribution in [1.82, 2.24) is 10.2 Å². The summed E-state index contributed by atoms with van der Waals surface area (Å²) in [5.74, 6) is -1.82. The van der Waals surface area contributed by atoms with E-state index in [2.05, 4.69) is 10.1 Å². The lowest BCUT2D eigenvalue weighted by Gasteiger charge is -2.24. The fourth-order valence-electron chi connectivity index (χ4n) is 1.20. The number of amides is 3. The molecule has 0 unspecified atom stereocenters. The number of aliphatic carboxylic acids is 1. The first-order chi connectivity index (χ1) is 7.88. The second-order valence-corrected chi connectivity index (χ2v) is 3.62. The summed E-state index contributed by atoms with van der Waals surface area (Å²) < 4.78 is 4.55. The maximum atomic E-state index is 11.5. The molecule has 0 fully saturated rings. The number of imide groups is 1. The topological polar surface area (TPSA) is 95.9 Å². The van der Waals surface area contributed by atoms with Gasteiger partial charge in [-0.3, -0.25) is 10.1 Å². The van der Waals surface area contributed by atoms with Gasteiger partial charge in [0.05, 0.1) is 0 Å². The van der Waals surface area contributed by atoms with Gasteiger partial charge < -0.3 is 14.7 Å². The number of ether oxygens (including phenoxy) is 1. The Kier molecular flexibility index (Phi) is 6.88. The van der Waals surface area contributed by atoms with Crippen molar-refractivity contribution in [3.63, 3.8) is 0 Å². The number of carbonyl (C=O) groups is 3. The molecule has 17 heavy (non-hydrogen) atoms. The molecule has 0 rings (SSSR count). The zero-order chi connectivity index (χ0) is 13.4. The maximum Gasteiger partial charge on any atom is 0.329 e. The monoisotopic (exact) mass is 246 g/mol. The molecule has 0 bridgehead atoms. The normalized spacial score (nSPS) is 10.1.